The maximum absolute atomic E-state index is 13.9. The molecule has 7 heteroatoms. The molecule has 0 N–H and O–H groups in total. The van der Waals surface area contributed by atoms with Crippen LogP contribution in [0, 0.1) is 17.7 Å². The molecule has 1 saturated carbocycles. The van der Waals surface area contributed by atoms with Gasteiger partial charge in [-0.15, -0.1) is 0 Å². The van der Waals surface area contributed by atoms with Gasteiger partial charge in [0.05, 0.1) is 27.7 Å². The molecule has 5 nitrogen and oxygen atoms in total. The summed E-state index contributed by atoms with van der Waals surface area (Å²) in [6.07, 6.45) is 4.32. The molecule has 0 radical (unpaired) electrons. The topological polar surface area (TPSA) is 55.2 Å². The fourth-order valence-electron chi connectivity index (χ4n) is 4.50. The first kappa shape index (κ1) is 24.4. The summed E-state index contributed by atoms with van der Waals surface area (Å²) in [6.45, 7) is 6.87. The van der Waals surface area contributed by atoms with Crippen LogP contribution in [0.3, 0.4) is 0 Å². The molecule has 0 bridgehead atoms. The predicted molar refractivity (Wildman–Crippen MR) is 134 cm³/mol. The Bertz CT molecular complexity index is 1250. The van der Waals surface area contributed by atoms with Crippen LogP contribution in [-0.2, 0) is 4.79 Å². The van der Waals surface area contributed by atoms with E-state index in [0.717, 1.165) is 25.7 Å². The summed E-state index contributed by atoms with van der Waals surface area (Å²) in [7, 11) is 0. The highest BCUT2D eigenvalue weighted by molar-refractivity contribution is 6.30. The molecule has 1 aromatic heterocycles. The molecular formula is C27H31ClFN3O2. The summed E-state index contributed by atoms with van der Waals surface area (Å²) in [6, 6.07) is 11.0. The van der Waals surface area contributed by atoms with Crippen LogP contribution in [0.15, 0.2) is 47.3 Å². The van der Waals surface area contributed by atoms with Crippen molar-refractivity contribution in [3.05, 3.63) is 69.5 Å². The third-order valence-electron chi connectivity index (χ3n) is 6.71. The minimum atomic E-state index is -0.556. The molecule has 1 heterocycles. The first-order valence-electron chi connectivity index (χ1n) is 12.1. The van der Waals surface area contributed by atoms with Gasteiger partial charge in [0, 0.05) is 12.5 Å². The molecule has 0 saturated heterocycles. The van der Waals surface area contributed by atoms with E-state index in [-0.39, 0.29) is 22.4 Å². The highest BCUT2D eigenvalue weighted by Crippen LogP contribution is 2.34. The largest absolute Gasteiger partial charge is 0.332 e. The van der Waals surface area contributed by atoms with Gasteiger partial charge in [-0.1, -0.05) is 50.9 Å². The van der Waals surface area contributed by atoms with Crippen molar-refractivity contribution in [3.63, 3.8) is 0 Å². The van der Waals surface area contributed by atoms with Crippen molar-refractivity contribution in [1.82, 2.24) is 14.5 Å². The summed E-state index contributed by atoms with van der Waals surface area (Å²) < 4.78 is 15.4. The number of rotatable bonds is 8. The molecule has 34 heavy (non-hydrogen) atoms. The Kier molecular flexibility index (Phi) is 7.36. The number of carbonyl (C=O) groups is 1. The van der Waals surface area contributed by atoms with E-state index >= 15 is 0 Å². The van der Waals surface area contributed by atoms with Crippen LogP contribution < -0.4 is 5.56 Å². The van der Waals surface area contributed by atoms with Gasteiger partial charge in [0.1, 0.15) is 11.6 Å². The quantitative estimate of drug-likeness (QED) is 0.377. The van der Waals surface area contributed by atoms with Crippen molar-refractivity contribution >= 4 is 28.4 Å². The lowest BCUT2D eigenvalue weighted by atomic mass is 9.83. The summed E-state index contributed by atoms with van der Waals surface area (Å²) in [5.41, 5.74) is 0.745. The van der Waals surface area contributed by atoms with E-state index in [0.29, 0.717) is 41.3 Å². The minimum Gasteiger partial charge on any atom is -0.332 e. The second-order valence-electron chi connectivity index (χ2n) is 9.49. The van der Waals surface area contributed by atoms with Crippen molar-refractivity contribution in [2.45, 2.75) is 58.9 Å². The number of hydrogen-bond donors (Lipinski definition) is 0. The van der Waals surface area contributed by atoms with E-state index < -0.39 is 11.9 Å². The molecule has 0 aliphatic heterocycles. The zero-order valence-electron chi connectivity index (χ0n) is 19.9. The zero-order valence-corrected chi connectivity index (χ0v) is 20.7. The molecule has 4 rings (SSSR count). The molecule has 1 fully saturated rings. The predicted octanol–water partition coefficient (Wildman–Crippen LogP) is 6.30. The third-order valence-corrected chi connectivity index (χ3v) is 7.00. The fourth-order valence-corrected chi connectivity index (χ4v) is 4.67. The minimum absolute atomic E-state index is 0.0297. The third kappa shape index (κ3) is 4.74. The zero-order chi connectivity index (χ0) is 24.4. The summed E-state index contributed by atoms with van der Waals surface area (Å²) in [5, 5.41) is 0.388. The van der Waals surface area contributed by atoms with E-state index in [9.17, 15) is 14.0 Å². The van der Waals surface area contributed by atoms with Crippen LogP contribution in [0.2, 0.25) is 5.02 Å². The summed E-state index contributed by atoms with van der Waals surface area (Å²) in [4.78, 5) is 34.1. The van der Waals surface area contributed by atoms with Crippen LogP contribution in [0.5, 0.6) is 0 Å². The van der Waals surface area contributed by atoms with Gasteiger partial charge in [-0.25, -0.2) is 9.37 Å². The van der Waals surface area contributed by atoms with E-state index in [1.165, 1.54) is 22.8 Å². The highest BCUT2D eigenvalue weighted by atomic mass is 35.5. The van der Waals surface area contributed by atoms with Crippen LogP contribution in [-0.4, -0.2) is 26.9 Å². The normalized spacial score (nSPS) is 14.9. The molecule has 1 atom stereocenters. The number of fused-ring (bicyclic) bond motifs is 1. The second-order valence-corrected chi connectivity index (χ2v) is 9.90. The number of para-hydroxylation sites is 1. The monoisotopic (exact) mass is 483 g/mol. The summed E-state index contributed by atoms with van der Waals surface area (Å²) >= 11 is 6.09. The lowest BCUT2D eigenvalue weighted by molar-refractivity contribution is -0.141. The van der Waals surface area contributed by atoms with Gasteiger partial charge < -0.3 is 4.90 Å². The highest BCUT2D eigenvalue weighted by Gasteiger charge is 2.35. The molecular weight excluding hydrogens is 453 g/mol. The molecule has 3 aromatic rings. The van der Waals surface area contributed by atoms with Crippen molar-refractivity contribution in [1.29, 1.82) is 0 Å². The van der Waals surface area contributed by atoms with E-state index in [4.69, 9.17) is 16.6 Å². The molecule has 1 unspecified atom stereocenters. The van der Waals surface area contributed by atoms with Crippen molar-refractivity contribution in [3.8, 4) is 5.69 Å². The molecule has 1 aliphatic carbocycles. The lowest BCUT2D eigenvalue weighted by Gasteiger charge is -2.37. The number of benzene rings is 2. The number of hydrogen-bond acceptors (Lipinski definition) is 3. The maximum Gasteiger partial charge on any atom is 0.266 e. The van der Waals surface area contributed by atoms with Crippen LogP contribution >= 0.6 is 11.6 Å². The summed E-state index contributed by atoms with van der Waals surface area (Å²) in [5.74, 6) is 0.508. The van der Waals surface area contributed by atoms with Crippen LogP contribution in [0.25, 0.3) is 16.6 Å². The fraction of sp³-hybridized carbons (Fsp3) is 0.444. The Morgan fingerprint density at radius 2 is 1.97 bits per heavy atom. The molecule has 2 aromatic carbocycles. The van der Waals surface area contributed by atoms with Gasteiger partial charge >= 0.3 is 0 Å². The standard InChI is InChI=1S/C27H31ClFN3O2/c1-4-24(31(15-14-17(2)3)26(33)18-8-7-9-18)25-30-23-11-6-5-10-20(23)27(34)32(25)19-12-13-22(29)21(28)16-19/h5-6,10-13,16-18,24H,4,7-9,14-15H2,1-3H3. The Labute approximate surface area is 204 Å². The molecule has 0 spiro atoms. The van der Waals surface area contributed by atoms with Crippen molar-refractivity contribution in [2.24, 2.45) is 11.8 Å². The van der Waals surface area contributed by atoms with Gasteiger partial charge in [0.15, 0.2) is 0 Å². The number of halogens is 2. The Hall–Kier alpha value is -2.73. The Morgan fingerprint density at radius 3 is 2.59 bits per heavy atom. The Balaban J connectivity index is 1.92. The Morgan fingerprint density at radius 1 is 1.24 bits per heavy atom. The smallest absolute Gasteiger partial charge is 0.266 e. The van der Waals surface area contributed by atoms with E-state index in [1.807, 2.05) is 17.9 Å². The van der Waals surface area contributed by atoms with Gasteiger partial charge in [0.2, 0.25) is 5.91 Å². The van der Waals surface area contributed by atoms with E-state index in [2.05, 4.69) is 13.8 Å². The molecule has 180 valence electrons. The van der Waals surface area contributed by atoms with Gasteiger partial charge in [0.25, 0.3) is 5.56 Å². The first-order chi connectivity index (χ1) is 16.3. The van der Waals surface area contributed by atoms with Gasteiger partial charge in [-0.3, -0.25) is 14.2 Å². The second kappa shape index (κ2) is 10.3. The van der Waals surface area contributed by atoms with Gasteiger partial charge in [-0.2, -0.15) is 0 Å². The van der Waals surface area contributed by atoms with Gasteiger partial charge in [-0.05, 0) is 61.9 Å². The average molecular weight is 484 g/mol. The maximum atomic E-state index is 13.9. The molecule has 1 amide bonds. The first-order valence-corrected chi connectivity index (χ1v) is 12.5. The van der Waals surface area contributed by atoms with E-state index in [1.54, 1.807) is 18.2 Å². The van der Waals surface area contributed by atoms with Crippen molar-refractivity contribution < 1.29 is 9.18 Å². The number of carbonyl (C=O) groups excluding carboxylic acids is 1. The van der Waals surface area contributed by atoms with Crippen LogP contribution in [0.1, 0.15) is 64.7 Å². The molecule has 1 aliphatic rings. The number of aromatic nitrogens is 2. The van der Waals surface area contributed by atoms with Crippen LogP contribution in [0.4, 0.5) is 4.39 Å². The average Bonchev–Trinajstić information content (AvgIpc) is 2.77. The number of nitrogens with zero attached hydrogens (tertiary/aromatic N) is 3. The number of amides is 1. The lowest BCUT2D eigenvalue weighted by Crippen LogP contribution is -2.44. The SMILES string of the molecule is CCC(c1nc2ccccc2c(=O)n1-c1ccc(F)c(Cl)c1)N(CCC(C)C)C(=O)C1CCC1. The van der Waals surface area contributed by atoms with Crippen molar-refractivity contribution in [2.75, 3.05) is 6.54 Å².